The summed E-state index contributed by atoms with van der Waals surface area (Å²) in [5.41, 5.74) is 2.62. The molecule has 0 aliphatic rings. The first-order chi connectivity index (χ1) is 6.61. The van der Waals surface area contributed by atoms with Gasteiger partial charge in [-0.3, -0.25) is 4.40 Å². The lowest BCUT2D eigenvalue weighted by Gasteiger charge is -1.97. The van der Waals surface area contributed by atoms with Gasteiger partial charge in [0.05, 0.1) is 0 Å². The minimum Gasteiger partial charge on any atom is -0.294 e. The summed E-state index contributed by atoms with van der Waals surface area (Å²) in [6, 6.07) is 3.95. The Morgan fingerprint density at radius 2 is 2.13 bits per heavy atom. The fourth-order valence-corrected chi connectivity index (χ4v) is 2.50. The molecule has 0 atom stereocenters. The van der Waals surface area contributed by atoms with Crippen LogP contribution in [0.4, 0.5) is 0 Å². The van der Waals surface area contributed by atoms with Crippen LogP contribution in [0.5, 0.6) is 0 Å². The van der Waals surface area contributed by atoms with Gasteiger partial charge in [0.15, 0.2) is 4.84 Å². The van der Waals surface area contributed by atoms with Gasteiger partial charge in [-0.1, -0.05) is 29.3 Å². The number of nitrogens with zero attached hydrogens (tertiary/aromatic N) is 2. The van der Waals surface area contributed by atoms with Crippen molar-refractivity contribution in [2.45, 2.75) is 11.8 Å². The van der Waals surface area contributed by atoms with E-state index >= 15 is 0 Å². The van der Waals surface area contributed by atoms with Crippen molar-refractivity contribution in [1.29, 1.82) is 0 Å². The van der Waals surface area contributed by atoms with Crippen LogP contribution in [0.1, 0.15) is 16.1 Å². The van der Waals surface area contributed by atoms with Gasteiger partial charge in [0.25, 0.3) is 0 Å². The Labute approximate surface area is 116 Å². The Balaban J connectivity index is 0.00000112. The molecular formula is C9H8Br2Cl2N2. The average Bonchev–Trinajstić information content (AvgIpc) is 2.46. The van der Waals surface area contributed by atoms with Crippen LogP contribution in [0.3, 0.4) is 0 Å². The van der Waals surface area contributed by atoms with Gasteiger partial charge in [-0.25, -0.2) is 4.98 Å². The van der Waals surface area contributed by atoms with Crippen molar-refractivity contribution in [1.82, 2.24) is 9.38 Å². The molecule has 0 aromatic carbocycles. The number of hydrogen-bond acceptors (Lipinski definition) is 1. The smallest absolute Gasteiger partial charge is 0.152 e. The SMILES string of the molecule is Br.Cc1cccn2c(Br)c(C(Cl)Cl)nc12. The number of fused-ring (bicyclic) bond motifs is 1. The number of rotatable bonds is 1. The number of alkyl halides is 2. The number of halogens is 4. The van der Waals surface area contributed by atoms with E-state index in [1.54, 1.807) is 0 Å². The zero-order valence-electron chi connectivity index (χ0n) is 7.75. The van der Waals surface area contributed by atoms with Crippen LogP contribution in [-0.2, 0) is 0 Å². The molecular weight excluding hydrogens is 367 g/mol. The number of imidazole rings is 1. The summed E-state index contributed by atoms with van der Waals surface area (Å²) >= 11 is 15.0. The Kier molecular flexibility index (Phi) is 4.47. The topological polar surface area (TPSA) is 17.3 Å². The van der Waals surface area contributed by atoms with E-state index in [2.05, 4.69) is 20.9 Å². The fourth-order valence-electron chi connectivity index (χ4n) is 1.33. The highest BCUT2D eigenvalue weighted by atomic mass is 79.9. The normalized spacial score (nSPS) is 10.7. The third-order valence-electron chi connectivity index (χ3n) is 2.02. The largest absolute Gasteiger partial charge is 0.294 e. The van der Waals surface area contributed by atoms with Crippen LogP contribution in [-0.4, -0.2) is 9.38 Å². The van der Waals surface area contributed by atoms with Crippen molar-refractivity contribution < 1.29 is 0 Å². The first-order valence-electron chi connectivity index (χ1n) is 4.02. The maximum atomic E-state index is 5.79. The summed E-state index contributed by atoms with van der Waals surface area (Å²) in [6.45, 7) is 2.00. The molecule has 2 aromatic rings. The minimum atomic E-state index is -0.608. The number of pyridine rings is 1. The molecule has 0 radical (unpaired) electrons. The average molecular weight is 375 g/mol. The molecule has 0 fully saturated rings. The molecule has 0 spiro atoms. The van der Waals surface area contributed by atoms with Gasteiger partial charge in [-0.2, -0.15) is 0 Å². The van der Waals surface area contributed by atoms with Crippen molar-refractivity contribution in [3.05, 3.63) is 34.2 Å². The van der Waals surface area contributed by atoms with Gasteiger partial charge in [-0.15, -0.1) is 17.0 Å². The van der Waals surface area contributed by atoms with Crippen molar-refractivity contribution >= 4 is 61.8 Å². The number of hydrogen-bond donors (Lipinski definition) is 0. The monoisotopic (exact) mass is 372 g/mol. The van der Waals surface area contributed by atoms with Gasteiger partial charge in [0, 0.05) is 6.20 Å². The van der Waals surface area contributed by atoms with Crippen LogP contribution in [0.25, 0.3) is 5.65 Å². The second-order valence-corrected chi connectivity index (χ2v) is 4.82. The highest BCUT2D eigenvalue weighted by Gasteiger charge is 2.15. The molecule has 0 N–H and O–H groups in total. The van der Waals surface area contributed by atoms with Crippen molar-refractivity contribution in [3.8, 4) is 0 Å². The zero-order chi connectivity index (χ0) is 10.3. The first-order valence-corrected chi connectivity index (χ1v) is 5.69. The van der Waals surface area contributed by atoms with Gasteiger partial charge < -0.3 is 0 Å². The third kappa shape index (κ3) is 2.33. The molecule has 0 aliphatic carbocycles. The van der Waals surface area contributed by atoms with Crippen LogP contribution >= 0.6 is 56.1 Å². The molecule has 2 heterocycles. The third-order valence-corrected chi connectivity index (χ3v) is 3.22. The van der Waals surface area contributed by atoms with E-state index in [4.69, 9.17) is 23.2 Å². The Morgan fingerprint density at radius 3 is 2.67 bits per heavy atom. The van der Waals surface area contributed by atoms with E-state index < -0.39 is 4.84 Å². The lowest BCUT2D eigenvalue weighted by molar-refractivity contribution is 1.12. The molecule has 0 unspecified atom stereocenters. The summed E-state index contributed by atoms with van der Waals surface area (Å²) in [5.74, 6) is 0. The lowest BCUT2D eigenvalue weighted by Crippen LogP contribution is -1.86. The van der Waals surface area contributed by atoms with E-state index in [0.29, 0.717) is 5.69 Å². The van der Waals surface area contributed by atoms with Crippen LogP contribution in [0.2, 0.25) is 0 Å². The van der Waals surface area contributed by atoms with Crippen molar-refractivity contribution in [2.75, 3.05) is 0 Å². The zero-order valence-corrected chi connectivity index (χ0v) is 12.6. The summed E-state index contributed by atoms with van der Waals surface area (Å²) in [6.07, 6.45) is 1.92. The van der Waals surface area contributed by atoms with Crippen molar-refractivity contribution in [3.63, 3.8) is 0 Å². The maximum absolute atomic E-state index is 5.79. The summed E-state index contributed by atoms with van der Waals surface area (Å²) in [7, 11) is 0. The fraction of sp³-hybridized carbons (Fsp3) is 0.222. The van der Waals surface area contributed by atoms with Gasteiger partial charge in [0.2, 0.25) is 0 Å². The van der Waals surface area contributed by atoms with Gasteiger partial charge >= 0.3 is 0 Å². The Bertz CT molecular complexity index is 482. The Hall–Kier alpha value is 0.230. The van der Waals surface area contributed by atoms with E-state index in [0.717, 1.165) is 15.8 Å². The van der Waals surface area contributed by atoms with E-state index in [1.807, 2.05) is 29.7 Å². The summed E-state index contributed by atoms with van der Waals surface area (Å²) < 4.78 is 2.73. The first kappa shape index (κ1) is 13.3. The van der Waals surface area contributed by atoms with Crippen LogP contribution in [0, 0.1) is 6.92 Å². The predicted octanol–water partition coefficient (Wildman–Crippen LogP) is 4.46. The molecule has 0 amide bonds. The summed E-state index contributed by atoms with van der Waals surface area (Å²) in [5, 5.41) is 0. The summed E-state index contributed by atoms with van der Waals surface area (Å²) in [4.78, 5) is 3.76. The molecule has 2 aromatic heterocycles. The Morgan fingerprint density at radius 1 is 1.47 bits per heavy atom. The van der Waals surface area contributed by atoms with E-state index in [9.17, 15) is 0 Å². The highest BCUT2D eigenvalue weighted by molar-refractivity contribution is 9.10. The van der Waals surface area contributed by atoms with Gasteiger partial charge in [-0.05, 0) is 34.5 Å². The number of aromatic nitrogens is 2. The predicted molar refractivity (Wildman–Crippen MR) is 72.4 cm³/mol. The second-order valence-electron chi connectivity index (χ2n) is 2.97. The molecule has 2 nitrogen and oxygen atoms in total. The molecule has 82 valence electrons. The highest BCUT2D eigenvalue weighted by Crippen LogP contribution is 2.31. The molecule has 6 heteroatoms. The van der Waals surface area contributed by atoms with Crippen LogP contribution < -0.4 is 0 Å². The lowest BCUT2D eigenvalue weighted by atomic mass is 10.3. The van der Waals surface area contributed by atoms with Crippen LogP contribution in [0.15, 0.2) is 22.9 Å². The number of aryl methyl sites for hydroxylation is 1. The molecule has 0 bridgehead atoms. The molecule has 2 rings (SSSR count). The van der Waals surface area contributed by atoms with E-state index in [1.165, 1.54) is 0 Å². The quantitative estimate of drug-likeness (QED) is 0.674. The minimum absolute atomic E-state index is 0. The molecule has 0 saturated carbocycles. The van der Waals surface area contributed by atoms with Gasteiger partial charge in [0.1, 0.15) is 15.9 Å². The maximum Gasteiger partial charge on any atom is 0.152 e. The molecule has 15 heavy (non-hydrogen) atoms. The molecule has 0 saturated heterocycles. The standard InChI is InChI=1S/C9H7BrCl2N2.BrH/c1-5-3-2-4-14-7(10)6(8(11)12)13-9(5)14;/h2-4,8H,1H3;1H. The van der Waals surface area contributed by atoms with Crippen molar-refractivity contribution in [2.24, 2.45) is 0 Å². The van der Waals surface area contributed by atoms with E-state index in [-0.39, 0.29) is 17.0 Å². The second kappa shape index (κ2) is 5.04. The molecule has 0 aliphatic heterocycles.